The van der Waals surface area contributed by atoms with Crippen LogP contribution in [0.3, 0.4) is 0 Å². The minimum absolute atomic E-state index is 0.154. The van der Waals surface area contributed by atoms with Crippen LogP contribution in [0.15, 0.2) is 84.9 Å². The molecule has 7 nitrogen and oxygen atoms in total. The number of nitrogens with two attached hydrogens (primary N) is 1. The summed E-state index contributed by atoms with van der Waals surface area (Å²) in [5.74, 6) is 0.346. The monoisotopic (exact) mass is 481 g/mol. The van der Waals surface area contributed by atoms with Crippen LogP contribution in [0.5, 0.6) is 5.75 Å². The van der Waals surface area contributed by atoms with E-state index in [4.69, 9.17) is 15.5 Å². The number of nitro benzene ring substituents is 1. The van der Waals surface area contributed by atoms with Gasteiger partial charge in [0.15, 0.2) is 0 Å². The van der Waals surface area contributed by atoms with Gasteiger partial charge in [-0.15, -0.1) is 11.3 Å². The molecule has 0 spiro atoms. The van der Waals surface area contributed by atoms with E-state index in [1.165, 1.54) is 29.5 Å². The molecule has 5 rings (SSSR count). The van der Waals surface area contributed by atoms with Crippen molar-refractivity contribution in [2.24, 2.45) is 0 Å². The van der Waals surface area contributed by atoms with Crippen LogP contribution in [0.1, 0.15) is 15.2 Å². The van der Waals surface area contributed by atoms with Gasteiger partial charge in [0, 0.05) is 28.6 Å². The van der Waals surface area contributed by atoms with E-state index in [0.717, 1.165) is 28.1 Å². The van der Waals surface area contributed by atoms with Crippen LogP contribution in [-0.2, 0) is 0 Å². The molecule has 0 fully saturated rings. The van der Waals surface area contributed by atoms with Gasteiger partial charge >= 0.3 is 0 Å². The average Bonchev–Trinajstić information content (AvgIpc) is 3.24. The van der Waals surface area contributed by atoms with E-state index in [2.05, 4.69) is 0 Å². The highest BCUT2D eigenvalue weighted by Gasteiger charge is 2.23. The zero-order valence-corrected chi connectivity index (χ0v) is 19.4. The fourth-order valence-electron chi connectivity index (χ4n) is 3.94. The number of benzene rings is 3. The van der Waals surface area contributed by atoms with Crippen molar-refractivity contribution in [3.05, 3.63) is 105 Å². The first-order valence-corrected chi connectivity index (χ1v) is 11.5. The summed E-state index contributed by atoms with van der Waals surface area (Å²) in [6.07, 6.45) is 0. The second-order valence-electron chi connectivity index (χ2n) is 7.81. The standard InChI is InChI=1S/C27H19N3O4S/c1-34-20-12-10-16(11-13-20)21-15-22(17-6-3-2-4-7-17)29-27-23(21)24(28)26(35-27)25(31)18-8-5-9-19(14-18)30(32)33/h2-15H,28H2,1H3. The largest absolute Gasteiger partial charge is 0.497 e. The molecule has 8 heteroatoms. The Balaban J connectivity index is 1.72. The third-order valence-electron chi connectivity index (χ3n) is 5.69. The van der Waals surface area contributed by atoms with E-state index in [1.54, 1.807) is 13.2 Å². The number of hydrogen-bond acceptors (Lipinski definition) is 7. The van der Waals surface area contributed by atoms with Crippen molar-refractivity contribution in [3.63, 3.8) is 0 Å². The first-order chi connectivity index (χ1) is 17.0. The lowest BCUT2D eigenvalue weighted by atomic mass is 9.98. The molecule has 0 aliphatic carbocycles. The number of ketones is 1. The number of nitro groups is 1. The Kier molecular flexibility index (Phi) is 5.72. The topological polar surface area (TPSA) is 108 Å². The summed E-state index contributed by atoms with van der Waals surface area (Å²) in [5.41, 5.74) is 10.3. The molecule has 2 heterocycles. The Hall–Kier alpha value is -4.56. The molecule has 0 unspecified atom stereocenters. The molecule has 2 aromatic heterocycles. The number of non-ortho nitro benzene ring substituents is 1. The normalized spacial score (nSPS) is 10.9. The van der Waals surface area contributed by atoms with Crippen LogP contribution in [-0.4, -0.2) is 22.8 Å². The molecule has 0 radical (unpaired) electrons. The predicted molar refractivity (Wildman–Crippen MR) is 138 cm³/mol. The summed E-state index contributed by atoms with van der Waals surface area (Å²) in [4.78, 5) is 29.8. The number of aromatic nitrogens is 1. The molecule has 0 atom stereocenters. The van der Waals surface area contributed by atoms with Gasteiger partial charge in [0.05, 0.1) is 23.4 Å². The minimum atomic E-state index is -0.527. The smallest absolute Gasteiger partial charge is 0.270 e. The Bertz CT molecular complexity index is 1580. The molecule has 0 aliphatic rings. The van der Waals surface area contributed by atoms with Crippen molar-refractivity contribution in [2.45, 2.75) is 0 Å². The number of ether oxygens (including phenoxy) is 1. The summed E-state index contributed by atoms with van der Waals surface area (Å²) in [6.45, 7) is 0. The van der Waals surface area contributed by atoms with Gasteiger partial charge in [-0.1, -0.05) is 54.6 Å². The maximum absolute atomic E-state index is 13.4. The van der Waals surface area contributed by atoms with Crippen LogP contribution < -0.4 is 10.5 Å². The molecule has 172 valence electrons. The minimum Gasteiger partial charge on any atom is -0.497 e. The van der Waals surface area contributed by atoms with Crippen molar-refractivity contribution in [1.82, 2.24) is 4.98 Å². The number of rotatable bonds is 6. The highest BCUT2D eigenvalue weighted by molar-refractivity contribution is 7.21. The number of methoxy groups -OCH3 is 1. The lowest BCUT2D eigenvalue weighted by Gasteiger charge is -2.10. The first kappa shape index (κ1) is 22.2. The first-order valence-electron chi connectivity index (χ1n) is 10.7. The predicted octanol–water partition coefficient (Wildman–Crippen LogP) is 6.36. The molecule has 3 aromatic carbocycles. The Morgan fingerprint density at radius 1 is 0.971 bits per heavy atom. The zero-order valence-electron chi connectivity index (χ0n) is 18.6. The fourth-order valence-corrected chi connectivity index (χ4v) is 5.02. The number of carbonyl (C=O) groups excluding carboxylic acids is 1. The molecule has 0 aliphatic heterocycles. The maximum atomic E-state index is 13.4. The fraction of sp³-hybridized carbons (Fsp3) is 0.0370. The van der Waals surface area contributed by atoms with Crippen LogP contribution in [0.4, 0.5) is 11.4 Å². The van der Waals surface area contributed by atoms with E-state index >= 15 is 0 Å². The number of nitrogens with zero attached hydrogens (tertiary/aromatic N) is 2. The number of hydrogen-bond donors (Lipinski definition) is 1. The van der Waals surface area contributed by atoms with Crippen LogP contribution >= 0.6 is 11.3 Å². The van der Waals surface area contributed by atoms with Crippen molar-refractivity contribution >= 4 is 38.7 Å². The van der Waals surface area contributed by atoms with Crippen LogP contribution in [0, 0.1) is 10.1 Å². The van der Waals surface area contributed by atoms with Gasteiger partial charge in [0.2, 0.25) is 5.78 Å². The molecule has 0 bridgehead atoms. The number of anilines is 1. The molecule has 0 saturated carbocycles. The third kappa shape index (κ3) is 4.11. The van der Waals surface area contributed by atoms with E-state index in [9.17, 15) is 14.9 Å². The van der Waals surface area contributed by atoms with Crippen LogP contribution in [0.2, 0.25) is 0 Å². The summed E-state index contributed by atoms with van der Waals surface area (Å²) < 4.78 is 5.29. The van der Waals surface area contributed by atoms with E-state index < -0.39 is 4.92 Å². The van der Waals surface area contributed by atoms with E-state index in [1.807, 2.05) is 60.7 Å². The van der Waals surface area contributed by atoms with Gasteiger partial charge < -0.3 is 10.5 Å². The van der Waals surface area contributed by atoms with Crippen molar-refractivity contribution in [1.29, 1.82) is 0 Å². The summed E-state index contributed by atoms with van der Waals surface area (Å²) in [6, 6.07) is 25.0. The van der Waals surface area contributed by atoms with Gasteiger partial charge in [-0.3, -0.25) is 14.9 Å². The molecule has 0 amide bonds. The van der Waals surface area contributed by atoms with E-state index in [0.29, 0.717) is 20.8 Å². The van der Waals surface area contributed by atoms with Gasteiger partial charge in [0.1, 0.15) is 15.5 Å². The quantitative estimate of drug-likeness (QED) is 0.172. The second-order valence-corrected chi connectivity index (χ2v) is 8.81. The summed E-state index contributed by atoms with van der Waals surface area (Å²) in [7, 11) is 1.61. The second kappa shape index (κ2) is 9.00. The summed E-state index contributed by atoms with van der Waals surface area (Å²) >= 11 is 1.19. The lowest BCUT2D eigenvalue weighted by Crippen LogP contribution is -2.03. The molecular formula is C27H19N3O4S. The number of fused-ring (bicyclic) bond motifs is 1. The van der Waals surface area contributed by atoms with Crippen molar-refractivity contribution in [3.8, 4) is 28.1 Å². The van der Waals surface area contributed by atoms with Gasteiger partial charge in [0.25, 0.3) is 5.69 Å². The number of nitrogen functional groups attached to an aromatic ring is 1. The van der Waals surface area contributed by atoms with E-state index in [-0.39, 0.29) is 17.0 Å². The van der Waals surface area contributed by atoms with Gasteiger partial charge in [-0.2, -0.15) is 0 Å². The summed E-state index contributed by atoms with van der Waals surface area (Å²) in [5, 5.41) is 11.9. The average molecular weight is 482 g/mol. The molecule has 5 aromatic rings. The van der Waals surface area contributed by atoms with Crippen molar-refractivity contribution in [2.75, 3.05) is 12.8 Å². The molecule has 35 heavy (non-hydrogen) atoms. The Morgan fingerprint density at radius 3 is 2.40 bits per heavy atom. The molecule has 2 N–H and O–H groups in total. The van der Waals surface area contributed by atoms with Gasteiger partial charge in [-0.05, 0) is 29.3 Å². The number of thiophene rings is 1. The Morgan fingerprint density at radius 2 is 1.71 bits per heavy atom. The SMILES string of the molecule is COc1ccc(-c2cc(-c3ccccc3)nc3sc(C(=O)c4cccc([N+](=O)[O-])c4)c(N)c23)cc1. The zero-order chi connectivity index (χ0) is 24.5. The van der Waals surface area contributed by atoms with Crippen LogP contribution in [0.25, 0.3) is 32.6 Å². The van der Waals surface area contributed by atoms with Crippen molar-refractivity contribution < 1.29 is 14.5 Å². The Labute approximate surface area is 204 Å². The molecular weight excluding hydrogens is 462 g/mol. The number of pyridine rings is 1. The maximum Gasteiger partial charge on any atom is 0.270 e. The highest BCUT2D eigenvalue weighted by atomic mass is 32.1. The number of carbonyl (C=O) groups is 1. The van der Waals surface area contributed by atoms with Gasteiger partial charge in [-0.25, -0.2) is 4.98 Å². The lowest BCUT2D eigenvalue weighted by molar-refractivity contribution is -0.384. The molecule has 0 saturated heterocycles. The third-order valence-corrected chi connectivity index (χ3v) is 6.79. The highest BCUT2D eigenvalue weighted by Crippen LogP contribution is 2.42.